The molecule has 1 aromatic carbocycles. The predicted molar refractivity (Wildman–Crippen MR) is 73.2 cm³/mol. The Morgan fingerprint density at radius 1 is 1.55 bits per heavy atom. The number of carboxylic acids is 1. The maximum atomic E-state index is 13.4. The van der Waals surface area contributed by atoms with Crippen molar-refractivity contribution in [1.29, 1.82) is 0 Å². The molecule has 4 nitrogen and oxygen atoms in total. The third-order valence-electron chi connectivity index (χ3n) is 3.94. The van der Waals surface area contributed by atoms with E-state index in [1.54, 1.807) is 13.2 Å². The van der Waals surface area contributed by atoms with Crippen molar-refractivity contribution in [2.45, 2.75) is 26.0 Å². The molecule has 110 valence electrons. The van der Waals surface area contributed by atoms with E-state index in [9.17, 15) is 9.18 Å². The van der Waals surface area contributed by atoms with Crippen LogP contribution in [0, 0.1) is 11.7 Å². The molecule has 0 bridgehead atoms. The Labute approximate surface area is 118 Å². The number of piperidine rings is 1. The van der Waals surface area contributed by atoms with E-state index >= 15 is 0 Å². The Kier molecular flexibility index (Phi) is 4.73. The van der Waals surface area contributed by atoms with Crippen molar-refractivity contribution in [2.24, 2.45) is 5.92 Å². The number of hydrogen-bond acceptors (Lipinski definition) is 3. The van der Waals surface area contributed by atoms with E-state index < -0.39 is 11.8 Å². The van der Waals surface area contributed by atoms with Gasteiger partial charge in [-0.1, -0.05) is 13.0 Å². The average molecular weight is 281 g/mol. The highest BCUT2D eigenvalue weighted by Gasteiger charge is 2.26. The number of carbonyl (C=O) groups is 1. The molecule has 1 aliphatic heterocycles. The summed E-state index contributed by atoms with van der Waals surface area (Å²) in [4.78, 5) is 13.1. The summed E-state index contributed by atoms with van der Waals surface area (Å²) in [5.41, 5.74) is 0.546. The van der Waals surface area contributed by atoms with Crippen LogP contribution < -0.4 is 0 Å². The molecular weight excluding hydrogens is 261 g/mol. The fraction of sp³-hybridized carbons (Fsp3) is 0.533. The molecule has 2 rings (SSSR count). The first-order valence-electron chi connectivity index (χ1n) is 6.78. The van der Waals surface area contributed by atoms with Crippen LogP contribution in [0.1, 0.15) is 29.3 Å². The second-order valence-electron chi connectivity index (χ2n) is 5.39. The van der Waals surface area contributed by atoms with Gasteiger partial charge >= 0.3 is 5.97 Å². The van der Waals surface area contributed by atoms with Gasteiger partial charge in [0.15, 0.2) is 0 Å². The fourth-order valence-corrected chi connectivity index (χ4v) is 2.64. The van der Waals surface area contributed by atoms with Crippen LogP contribution in [0.5, 0.6) is 0 Å². The Morgan fingerprint density at radius 3 is 2.95 bits per heavy atom. The van der Waals surface area contributed by atoms with Crippen LogP contribution in [-0.4, -0.2) is 42.3 Å². The van der Waals surface area contributed by atoms with E-state index in [2.05, 4.69) is 11.8 Å². The number of ether oxygens (including phenoxy) is 1. The van der Waals surface area contributed by atoms with Gasteiger partial charge in [0.1, 0.15) is 5.82 Å². The molecule has 5 heteroatoms. The highest BCUT2D eigenvalue weighted by Crippen LogP contribution is 2.21. The molecule has 0 radical (unpaired) electrons. The number of hydrogen-bond donors (Lipinski definition) is 1. The van der Waals surface area contributed by atoms with Gasteiger partial charge in [-0.25, -0.2) is 9.18 Å². The minimum Gasteiger partial charge on any atom is -0.478 e. The van der Waals surface area contributed by atoms with Crippen LogP contribution in [0.2, 0.25) is 0 Å². The molecule has 1 saturated heterocycles. The quantitative estimate of drug-likeness (QED) is 0.920. The Hall–Kier alpha value is -1.46. The molecule has 1 aromatic rings. The second-order valence-corrected chi connectivity index (χ2v) is 5.39. The first-order valence-corrected chi connectivity index (χ1v) is 6.78. The third-order valence-corrected chi connectivity index (χ3v) is 3.94. The summed E-state index contributed by atoms with van der Waals surface area (Å²) in [6, 6.07) is 4.28. The minimum absolute atomic E-state index is 0.197. The highest BCUT2D eigenvalue weighted by molar-refractivity contribution is 5.88. The van der Waals surface area contributed by atoms with Gasteiger partial charge in [-0.15, -0.1) is 0 Å². The third kappa shape index (κ3) is 3.35. The zero-order valence-electron chi connectivity index (χ0n) is 11.8. The minimum atomic E-state index is -1.23. The van der Waals surface area contributed by atoms with E-state index in [4.69, 9.17) is 9.84 Å². The van der Waals surface area contributed by atoms with E-state index in [1.807, 2.05) is 0 Å². The van der Waals surface area contributed by atoms with Crippen LogP contribution in [0.15, 0.2) is 18.2 Å². The molecule has 0 saturated carbocycles. The molecule has 2 unspecified atom stereocenters. The van der Waals surface area contributed by atoms with Crippen LogP contribution in [0.3, 0.4) is 0 Å². The van der Waals surface area contributed by atoms with E-state index in [1.165, 1.54) is 12.1 Å². The highest BCUT2D eigenvalue weighted by atomic mass is 19.1. The van der Waals surface area contributed by atoms with Gasteiger partial charge in [0.25, 0.3) is 0 Å². The molecular formula is C15H20FNO3. The average Bonchev–Trinajstić information content (AvgIpc) is 2.42. The molecule has 0 aromatic heterocycles. The van der Waals surface area contributed by atoms with Crippen LogP contribution in [-0.2, 0) is 11.3 Å². The van der Waals surface area contributed by atoms with Crippen molar-refractivity contribution in [3.63, 3.8) is 0 Å². The summed E-state index contributed by atoms with van der Waals surface area (Å²) in [6.45, 7) is 4.55. The molecule has 1 heterocycles. The van der Waals surface area contributed by atoms with E-state index in [-0.39, 0.29) is 11.7 Å². The summed E-state index contributed by atoms with van der Waals surface area (Å²) >= 11 is 0. The van der Waals surface area contributed by atoms with Gasteiger partial charge in [0, 0.05) is 20.2 Å². The van der Waals surface area contributed by atoms with Crippen molar-refractivity contribution >= 4 is 5.97 Å². The molecule has 0 amide bonds. The van der Waals surface area contributed by atoms with Gasteiger partial charge in [-0.2, -0.15) is 0 Å². The van der Waals surface area contributed by atoms with Gasteiger partial charge in [0.05, 0.1) is 11.7 Å². The lowest BCUT2D eigenvalue weighted by Crippen LogP contribution is -2.43. The van der Waals surface area contributed by atoms with Crippen molar-refractivity contribution in [3.05, 3.63) is 35.1 Å². The van der Waals surface area contributed by atoms with Gasteiger partial charge < -0.3 is 9.84 Å². The summed E-state index contributed by atoms with van der Waals surface area (Å²) in [6.07, 6.45) is 1.24. The first kappa shape index (κ1) is 14.9. The number of benzene rings is 1. The Balaban J connectivity index is 2.07. The SMILES string of the molecule is COC1CN(Cc2ccc(F)c(C(=O)O)c2)CCC1C. The monoisotopic (exact) mass is 281 g/mol. The Morgan fingerprint density at radius 2 is 2.30 bits per heavy atom. The van der Waals surface area contributed by atoms with Gasteiger partial charge in [0.2, 0.25) is 0 Å². The fourth-order valence-electron chi connectivity index (χ4n) is 2.64. The van der Waals surface area contributed by atoms with Crippen molar-refractivity contribution in [2.75, 3.05) is 20.2 Å². The number of likely N-dealkylation sites (tertiary alicyclic amines) is 1. The Bertz CT molecular complexity index is 492. The topological polar surface area (TPSA) is 49.8 Å². The summed E-state index contributed by atoms with van der Waals surface area (Å²) in [5, 5.41) is 8.94. The van der Waals surface area contributed by atoms with Gasteiger partial charge in [-0.3, -0.25) is 4.90 Å². The van der Waals surface area contributed by atoms with Crippen LogP contribution in [0.25, 0.3) is 0 Å². The summed E-state index contributed by atoms with van der Waals surface area (Å²) in [7, 11) is 1.71. The lowest BCUT2D eigenvalue weighted by atomic mass is 9.95. The number of halogens is 1. The van der Waals surface area contributed by atoms with Crippen molar-refractivity contribution in [3.8, 4) is 0 Å². The first-order chi connectivity index (χ1) is 9.51. The zero-order chi connectivity index (χ0) is 14.7. The smallest absolute Gasteiger partial charge is 0.338 e. The molecule has 1 N–H and O–H groups in total. The number of aromatic carboxylic acids is 1. The van der Waals surface area contributed by atoms with Crippen molar-refractivity contribution in [1.82, 2.24) is 4.90 Å². The van der Waals surface area contributed by atoms with Crippen LogP contribution >= 0.6 is 0 Å². The predicted octanol–water partition coefficient (Wildman–Crippen LogP) is 2.38. The van der Waals surface area contributed by atoms with Gasteiger partial charge in [-0.05, 0) is 36.6 Å². The number of rotatable bonds is 4. The molecule has 0 spiro atoms. The molecule has 0 aliphatic carbocycles. The normalized spacial score (nSPS) is 23.8. The maximum absolute atomic E-state index is 13.4. The molecule has 20 heavy (non-hydrogen) atoms. The second kappa shape index (κ2) is 6.33. The summed E-state index contributed by atoms with van der Waals surface area (Å²) in [5.74, 6) is -1.39. The zero-order valence-corrected chi connectivity index (χ0v) is 11.8. The number of carboxylic acid groups (broad SMARTS) is 1. The molecule has 2 atom stereocenters. The molecule has 1 fully saturated rings. The van der Waals surface area contributed by atoms with E-state index in [0.717, 1.165) is 25.1 Å². The van der Waals surface area contributed by atoms with E-state index in [0.29, 0.717) is 12.5 Å². The maximum Gasteiger partial charge on any atom is 0.338 e. The lowest BCUT2D eigenvalue weighted by molar-refractivity contribution is -0.00746. The van der Waals surface area contributed by atoms with Crippen LogP contribution in [0.4, 0.5) is 4.39 Å². The summed E-state index contributed by atoms with van der Waals surface area (Å²) < 4.78 is 18.8. The lowest BCUT2D eigenvalue weighted by Gasteiger charge is -2.36. The van der Waals surface area contributed by atoms with Crippen molar-refractivity contribution < 1.29 is 19.0 Å². The standard InChI is InChI=1S/C15H20FNO3/c1-10-5-6-17(9-14(10)20-2)8-11-3-4-13(16)12(7-11)15(18)19/h3-4,7,10,14H,5-6,8-9H2,1-2H3,(H,18,19). The number of methoxy groups -OCH3 is 1. The number of nitrogens with zero attached hydrogens (tertiary/aromatic N) is 1. The largest absolute Gasteiger partial charge is 0.478 e. The molecule has 1 aliphatic rings.